The molecule has 2 aromatic heterocycles. The van der Waals surface area contributed by atoms with Gasteiger partial charge in [-0.25, -0.2) is 4.98 Å². The molecule has 0 fully saturated rings. The summed E-state index contributed by atoms with van der Waals surface area (Å²) in [5.41, 5.74) is 5.86. The molecule has 7 heteroatoms. The first-order valence-electron chi connectivity index (χ1n) is 9.99. The number of aryl methyl sites for hydroxylation is 2. The molecular weight excluding hydrogens is 392 g/mol. The number of fused-ring (bicyclic) bond motifs is 1. The van der Waals surface area contributed by atoms with Crippen LogP contribution in [0.5, 0.6) is 17.2 Å². The molecule has 0 unspecified atom stereocenters. The molecule has 7 nitrogen and oxygen atoms in total. The summed E-state index contributed by atoms with van der Waals surface area (Å²) in [6.07, 6.45) is 0. The van der Waals surface area contributed by atoms with E-state index in [4.69, 9.17) is 19.3 Å². The average molecular weight is 418 g/mol. The molecule has 31 heavy (non-hydrogen) atoms. The summed E-state index contributed by atoms with van der Waals surface area (Å²) in [5.74, 6) is 2.67. The van der Waals surface area contributed by atoms with E-state index in [0.717, 1.165) is 34.0 Å². The van der Waals surface area contributed by atoms with Gasteiger partial charge in [-0.15, -0.1) is 0 Å². The molecule has 0 amide bonds. The molecule has 1 N–H and O–H groups in total. The second kappa shape index (κ2) is 8.55. The van der Waals surface area contributed by atoms with Crippen molar-refractivity contribution in [1.29, 1.82) is 0 Å². The molecule has 0 aliphatic heterocycles. The molecule has 0 aliphatic carbocycles. The van der Waals surface area contributed by atoms with Gasteiger partial charge in [-0.1, -0.05) is 29.8 Å². The Bertz CT molecular complexity index is 1190. The highest BCUT2D eigenvalue weighted by Crippen LogP contribution is 2.38. The SMILES string of the molecule is COc1cc(CNc2cc(C)nc3cc(-c4ccc(C)cc4)nn23)cc(OC)c1OC. The number of nitrogens with one attached hydrogen (secondary N) is 1. The largest absolute Gasteiger partial charge is 0.493 e. The van der Waals surface area contributed by atoms with Crippen LogP contribution < -0.4 is 19.5 Å². The van der Waals surface area contributed by atoms with E-state index in [2.05, 4.69) is 41.5 Å². The first kappa shape index (κ1) is 20.5. The molecule has 0 saturated carbocycles. The lowest BCUT2D eigenvalue weighted by Gasteiger charge is -2.15. The van der Waals surface area contributed by atoms with Crippen molar-refractivity contribution in [3.05, 3.63) is 65.4 Å². The van der Waals surface area contributed by atoms with Gasteiger partial charge in [-0.05, 0) is 31.5 Å². The van der Waals surface area contributed by atoms with E-state index in [0.29, 0.717) is 23.8 Å². The second-order valence-electron chi connectivity index (χ2n) is 7.34. The van der Waals surface area contributed by atoms with Gasteiger partial charge < -0.3 is 19.5 Å². The van der Waals surface area contributed by atoms with Crippen LogP contribution in [0, 0.1) is 13.8 Å². The second-order valence-corrected chi connectivity index (χ2v) is 7.34. The predicted octanol–water partition coefficient (Wildman–Crippen LogP) is 4.65. The third-order valence-electron chi connectivity index (χ3n) is 5.10. The number of anilines is 1. The van der Waals surface area contributed by atoms with Crippen LogP contribution >= 0.6 is 0 Å². The summed E-state index contributed by atoms with van der Waals surface area (Å²) < 4.78 is 18.2. The quantitative estimate of drug-likeness (QED) is 0.471. The standard InChI is InChI=1S/C24H26N4O3/c1-15-6-8-18(9-7-15)19-13-23-26-16(2)10-22(28(23)27-19)25-14-17-11-20(29-3)24(31-5)21(12-17)30-4/h6-13,25H,14H2,1-5H3. The maximum absolute atomic E-state index is 5.46. The summed E-state index contributed by atoms with van der Waals surface area (Å²) >= 11 is 0. The highest BCUT2D eigenvalue weighted by atomic mass is 16.5. The zero-order valence-corrected chi connectivity index (χ0v) is 18.4. The third kappa shape index (κ3) is 4.12. The first-order chi connectivity index (χ1) is 15.0. The van der Waals surface area contributed by atoms with Crippen LogP contribution in [0.15, 0.2) is 48.5 Å². The van der Waals surface area contributed by atoms with Gasteiger partial charge in [0, 0.05) is 29.9 Å². The van der Waals surface area contributed by atoms with Crippen LogP contribution in [0.1, 0.15) is 16.8 Å². The minimum absolute atomic E-state index is 0.551. The number of ether oxygens (including phenoxy) is 3. The van der Waals surface area contributed by atoms with E-state index in [1.807, 2.05) is 35.7 Å². The van der Waals surface area contributed by atoms with Gasteiger partial charge in [-0.3, -0.25) is 0 Å². The third-order valence-corrected chi connectivity index (χ3v) is 5.10. The maximum Gasteiger partial charge on any atom is 0.203 e. The smallest absolute Gasteiger partial charge is 0.203 e. The van der Waals surface area contributed by atoms with E-state index < -0.39 is 0 Å². The molecule has 4 rings (SSSR count). The fourth-order valence-corrected chi connectivity index (χ4v) is 3.52. The summed E-state index contributed by atoms with van der Waals surface area (Å²) in [6, 6.07) is 16.2. The van der Waals surface area contributed by atoms with Crippen molar-refractivity contribution in [2.45, 2.75) is 20.4 Å². The Labute approximate surface area is 181 Å². The molecule has 2 heterocycles. The Hall–Kier alpha value is -3.74. The number of hydrogen-bond donors (Lipinski definition) is 1. The number of rotatable bonds is 7. The summed E-state index contributed by atoms with van der Waals surface area (Å²) in [4.78, 5) is 4.64. The van der Waals surface area contributed by atoms with Gasteiger partial charge >= 0.3 is 0 Å². The Kier molecular flexibility index (Phi) is 5.66. The monoisotopic (exact) mass is 418 g/mol. The first-order valence-corrected chi connectivity index (χ1v) is 9.99. The molecule has 0 radical (unpaired) electrons. The Morgan fingerprint density at radius 2 is 1.55 bits per heavy atom. The molecular formula is C24H26N4O3. The van der Waals surface area contributed by atoms with Crippen molar-refractivity contribution in [1.82, 2.24) is 14.6 Å². The zero-order valence-electron chi connectivity index (χ0n) is 18.4. The van der Waals surface area contributed by atoms with E-state index in [-0.39, 0.29) is 0 Å². The van der Waals surface area contributed by atoms with Gasteiger partial charge in [0.2, 0.25) is 5.75 Å². The van der Waals surface area contributed by atoms with Gasteiger partial charge in [0.1, 0.15) is 5.82 Å². The van der Waals surface area contributed by atoms with Crippen LogP contribution in [0.3, 0.4) is 0 Å². The van der Waals surface area contributed by atoms with E-state index in [9.17, 15) is 0 Å². The highest BCUT2D eigenvalue weighted by molar-refractivity contribution is 5.66. The maximum atomic E-state index is 5.46. The van der Waals surface area contributed by atoms with Gasteiger partial charge in [0.25, 0.3) is 0 Å². The van der Waals surface area contributed by atoms with Crippen molar-refractivity contribution < 1.29 is 14.2 Å². The van der Waals surface area contributed by atoms with Crippen molar-refractivity contribution in [2.75, 3.05) is 26.6 Å². The van der Waals surface area contributed by atoms with Crippen LogP contribution in [0.4, 0.5) is 5.82 Å². The molecule has 4 aromatic rings. The lowest BCUT2D eigenvalue weighted by Crippen LogP contribution is -2.07. The highest BCUT2D eigenvalue weighted by Gasteiger charge is 2.14. The minimum atomic E-state index is 0.551. The molecule has 0 saturated heterocycles. The Morgan fingerprint density at radius 3 is 2.16 bits per heavy atom. The molecule has 0 atom stereocenters. The molecule has 160 valence electrons. The number of benzene rings is 2. The van der Waals surface area contributed by atoms with Crippen molar-refractivity contribution in [2.24, 2.45) is 0 Å². The van der Waals surface area contributed by atoms with Crippen LogP contribution in [0.25, 0.3) is 16.9 Å². The molecule has 0 bridgehead atoms. The van der Waals surface area contributed by atoms with Crippen LogP contribution in [-0.2, 0) is 6.54 Å². The van der Waals surface area contributed by atoms with E-state index >= 15 is 0 Å². The summed E-state index contributed by atoms with van der Waals surface area (Å²) in [5, 5.41) is 8.25. The topological polar surface area (TPSA) is 69.9 Å². The van der Waals surface area contributed by atoms with Crippen LogP contribution in [-0.4, -0.2) is 35.9 Å². The predicted molar refractivity (Wildman–Crippen MR) is 121 cm³/mol. The lowest BCUT2D eigenvalue weighted by molar-refractivity contribution is 0.324. The van der Waals surface area contributed by atoms with Crippen LogP contribution in [0.2, 0.25) is 0 Å². The molecule has 0 aliphatic rings. The van der Waals surface area contributed by atoms with Gasteiger partial charge in [0.05, 0.1) is 27.0 Å². The summed E-state index contributed by atoms with van der Waals surface area (Å²) in [6.45, 7) is 4.60. The molecule has 2 aromatic carbocycles. The van der Waals surface area contributed by atoms with Crippen molar-refractivity contribution >= 4 is 11.5 Å². The fraction of sp³-hybridized carbons (Fsp3) is 0.250. The lowest BCUT2D eigenvalue weighted by atomic mass is 10.1. The zero-order chi connectivity index (χ0) is 22.0. The fourth-order valence-electron chi connectivity index (χ4n) is 3.52. The van der Waals surface area contributed by atoms with E-state index in [1.54, 1.807) is 21.3 Å². The summed E-state index contributed by atoms with van der Waals surface area (Å²) in [7, 11) is 4.82. The molecule has 0 spiro atoms. The Balaban J connectivity index is 1.66. The van der Waals surface area contributed by atoms with Gasteiger partial charge in [0.15, 0.2) is 17.1 Å². The minimum Gasteiger partial charge on any atom is -0.493 e. The van der Waals surface area contributed by atoms with Crippen molar-refractivity contribution in [3.8, 4) is 28.5 Å². The van der Waals surface area contributed by atoms with Gasteiger partial charge in [-0.2, -0.15) is 9.61 Å². The normalized spacial score (nSPS) is 10.9. The number of aromatic nitrogens is 3. The van der Waals surface area contributed by atoms with Crippen molar-refractivity contribution in [3.63, 3.8) is 0 Å². The number of hydrogen-bond acceptors (Lipinski definition) is 6. The number of methoxy groups -OCH3 is 3. The number of nitrogens with zero attached hydrogens (tertiary/aromatic N) is 3. The average Bonchev–Trinajstić information content (AvgIpc) is 3.21. The Morgan fingerprint density at radius 1 is 0.871 bits per heavy atom. The van der Waals surface area contributed by atoms with E-state index in [1.165, 1.54) is 5.56 Å².